The van der Waals surface area contributed by atoms with Gasteiger partial charge in [0.2, 0.25) is 8.41 Å². The predicted molar refractivity (Wildman–Crippen MR) is 189 cm³/mol. The van der Waals surface area contributed by atoms with E-state index in [-0.39, 0.29) is 31.1 Å². The summed E-state index contributed by atoms with van der Waals surface area (Å²) < 4.78 is 30.8. The number of ether oxygens (including phenoxy) is 2. The smallest absolute Gasteiger partial charge is 0.414 e. The van der Waals surface area contributed by atoms with E-state index in [2.05, 4.69) is 26.2 Å². The maximum Gasteiger partial charge on any atom is 0.414 e. The fourth-order valence-corrected chi connectivity index (χ4v) is 10.8. The molecule has 7 rings (SSSR count). The average molecular weight is 749 g/mol. The second-order valence-corrected chi connectivity index (χ2v) is 18.3. The summed E-state index contributed by atoms with van der Waals surface area (Å²) in [6.45, 7) is 6.78. The first-order valence-electron chi connectivity index (χ1n) is 16.6. The number of halogens is 2. The molecule has 2 saturated heterocycles. The summed E-state index contributed by atoms with van der Waals surface area (Å²) in [4.78, 5) is 30.1. The summed E-state index contributed by atoms with van der Waals surface area (Å²) in [5, 5.41) is 18.8. The van der Waals surface area contributed by atoms with Crippen LogP contribution in [0.5, 0.6) is 0 Å². The lowest BCUT2D eigenvalue weighted by atomic mass is 9.82. The number of benzene rings is 3. The van der Waals surface area contributed by atoms with E-state index < -0.39 is 31.6 Å². The molecule has 2 amide bonds. The van der Waals surface area contributed by atoms with Crippen LogP contribution in [0.2, 0.25) is 18.6 Å². The fraction of sp³-hybridized carbons (Fsp3) is 0.389. The summed E-state index contributed by atoms with van der Waals surface area (Å²) in [6.07, 6.45) is 1.35. The lowest BCUT2D eigenvalue weighted by Crippen LogP contribution is -2.45. The molecule has 3 aromatic carbocycles. The Hall–Kier alpha value is -3.91. The van der Waals surface area contributed by atoms with Crippen LogP contribution in [0.25, 0.3) is 0 Å². The molecule has 3 aliphatic heterocycles. The fourth-order valence-electron chi connectivity index (χ4n) is 7.94. The average Bonchev–Trinajstić information content (AvgIpc) is 3.84. The number of rotatable bonds is 10. The highest BCUT2D eigenvalue weighted by Crippen LogP contribution is 2.60. The van der Waals surface area contributed by atoms with Crippen LogP contribution in [0.15, 0.2) is 83.5 Å². The van der Waals surface area contributed by atoms with Crippen LogP contribution >= 0.6 is 15.9 Å². The molecule has 4 aromatic rings. The van der Waals surface area contributed by atoms with Crippen molar-refractivity contribution >= 4 is 47.7 Å². The minimum absolute atomic E-state index is 0.108. The molecule has 0 aliphatic carbocycles. The van der Waals surface area contributed by atoms with Crippen molar-refractivity contribution in [2.24, 2.45) is 5.92 Å². The van der Waals surface area contributed by atoms with Gasteiger partial charge in [0.25, 0.3) is 5.91 Å². The Kier molecular flexibility index (Phi) is 8.97. The second-order valence-electron chi connectivity index (χ2n) is 13.6. The molecule has 49 heavy (non-hydrogen) atoms. The van der Waals surface area contributed by atoms with Gasteiger partial charge in [-0.2, -0.15) is 0 Å². The van der Waals surface area contributed by atoms with E-state index >= 15 is 4.11 Å². The first-order valence-corrected chi connectivity index (χ1v) is 20.3. The van der Waals surface area contributed by atoms with Crippen LogP contribution in [0.3, 0.4) is 0 Å². The van der Waals surface area contributed by atoms with Crippen molar-refractivity contribution in [3.8, 4) is 0 Å². The molecule has 1 unspecified atom stereocenters. The first-order chi connectivity index (χ1) is 23.5. The Morgan fingerprint density at radius 3 is 2.53 bits per heavy atom. The van der Waals surface area contributed by atoms with Crippen molar-refractivity contribution in [3.05, 3.63) is 106 Å². The summed E-state index contributed by atoms with van der Waals surface area (Å²) in [7, 11) is -3.36. The molecule has 10 nitrogen and oxygen atoms in total. The molecule has 3 aliphatic rings. The summed E-state index contributed by atoms with van der Waals surface area (Å²) in [6, 6.07) is 22.9. The normalized spacial score (nSPS) is 24.2. The van der Waals surface area contributed by atoms with Gasteiger partial charge in [0.05, 0.1) is 43.1 Å². The number of aliphatic hydroxyl groups is 1. The maximum absolute atomic E-state index is 16.3. The number of carbonyl (C=O) groups excluding carboxylic acids is 2. The monoisotopic (exact) mass is 747 g/mol. The van der Waals surface area contributed by atoms with Crippen molar-refractivity contribution in [2.45, 2.75) is 62.7 Å². The van der Waals surface area contributed by atoms with Crippen molar-refractivity contribution in [2.75, 3.05) is 29.6 Å². The zero-order valence-electron chi connectivity index (χ0n) is 27.6. The van der Waals surface area contributed by atoms with Crippen LogP contribution in [0.4, 0.5) is 20.3 Å². The predicted octanol–water partition coefficient (Wildman–Crippen LogP) is 6.53. The molecule has 0 saturated carbocycles. The third kappa shape index (κ3) is 6.00. The molecule has 256 valence electrons. The van der Waals surface area contributed by atoms with Gasteiger partial charge in [0, 0.05) is 39.9 Å². The first kappa shape index (κ1) is 33.6. The van der Waals surface area contributed by atoms with E-state index in [1.54, 1.807) is 27.6 Å². The topological polar surface area (TPSA) is 110 Å². The standard InChI is InChI=1S/C36H39BrFN5O5Si/c1-23-33(49(2,3)38)32(15-16-41-21-30(39-40-41)28(22-44)25-7-5-4-6-8-25)48-36(23)29-19-26(37)11-14-31(29)43(34(36)45)20-24-9-12-27(13-10-24)42-17-18-47-35(42)46/h4-14,19,21,23,28,32-33,44H,15-18,20,22H2,1-3H3/t23-,28?,32+,33-,36+/m1/s1. The van der Waals surface area contributed by atoms with Gasteiger partial charge in [-0.3, -0.25) is 14.4 Å². The molecule has 0 bridgehead atoms. The third-order valence-electron chi connectivity index (χ3n) is 10.2. The molecule has 4 heterocycles. The van der Waals surface area contributed by atoms with Gasteiger partial charge in [-0.25, -0.2) is 4.79 Å². The lowest BCUT2D eigenvalue weighted by molar-refractivity contribution is -0.146. The van der Waals surface area contributed by atoms with Gasteiger partial charge in [-0.15, -0.1) is 5.10 Å². The number of anilines is 2. The Bertz CT molecular complexity index is 1850. The maximum atomic E-state index is 16.3. The molecular formula is C36H39BrFN5O5Si. The number of aryl methyl sites for hydroxylation is 1. The Morgan fingerprint density at radius 1 is 1.10 bits per heavy atom. The second kappa shape index (κ2) is 13.1. The highest BCUT2D eigenvalue weighted by Gasteiger charge is 2.66. The van der Waals surface area contributed by atoms with E-state index in [0.717, 1.165) is 32.5 Å². The number of cyclic esters (lactones) is 1. The zero-order chi connectivity index (χ0) is 34.5. The Balaban J connectivity index is 1.15. The number of aliphatic hydroxyl groups excluding tert-OH is 1. The number of hydrogen-bond acceptors (Lipinski definition) is 7. The summed E-state index contributed by atoms with van der Waals surface area (Å²) in [5.74, 6) is -0.944. The van der Waals surface area contributed by atoms with Crippen LogP contribution < -0.4 is 9.80 Å². The number of carbonyl (C=O) groups is 2. The minimum atomic E-state index is -3.36. The van der Waals surface area contributed by atoms with Crippen LogP contribution in [-0.2, 0) is 33.0 Å². The third-order valence-corrected chi connectivity index (χ3v) is 13.2. The molecule has 2 fully saturated rings. The molecular weight excluding hydrogens is 709 g/mol. The molecule has 1 N–H and O–H groups in total. The molecule has 0 radical (unpaired) electrons. The van der Waals surface area contributed by atoms with E-state index in [9.17, 15) is 14.7 Å². The minimum Gasteiger partial charge on any atom is -0.447 e. The highest BCUT2D eigenvalue weighted by atomic mass is 79.9. The van der Waals surface area contributed by atoms with E-state index in [1.807, 2.05) is 85.9 Å². The lowest BCUT2D eigenvalue weighted by Gasteiger charge is -2.31. The molecule has 13 heteroatoms. The number of hydrogen-bond donors (Lipinski definition) is 1. The van der Waals surface area contributed by atoms with Crippen LogP contribution in [0.1, 0.15) is 41.6 Å². The van der Waals surface area contributed by atoms with Crippen molar-refractivity contribution < 1.29 is 28.3 Å². The zero-order valence-corrected chi connectivity index (χ0v) is 30.2. The van der Waals surface area contributed by atoms with Gasteiger partial charge in [-0.05, 0) is 61.0 Å². The SMILES string of the molecule is C[C@@H]1[C@@H]([Si](C)(C)F)[C@H](CCn2cc(C(CO)c3ccccc3)nn2)O[C@@]12C(=O)N(Cc1ccc(N3CCOC3=O)cc1)c1ccc(Br)cc12. The van der Waals surface area contributed by atoms with Gasteiger partial charge < -0.3 is 23.6 Å². The highest BCUT2D eigenvalue weighted by molar-refractivity contribution is 9.10. The van der Waals surface area contributed by atoms with Crippen molar-refractivity contribution in [3.63, 3.8) is 0 Å². The largest absolute Gasteiger partial charge is 0.447 e. The number of fused-ring (bicyclic) bond motifs is 2. The van der Waals surface area contributed by atoms with Crippen molar-refractivity contribution in [1.82, 2.24) is 15.0 Å². The van der Waals surface area contributed by atoms with Gasteiger partial charge in [0.1, 0.15) is 6.61 Å². The Labute approximate surface area is 294 Å². The van der Waals surface area contributed by atoms with Gasteiger partial charge >= 0.3 is 6.09 Å². The van der Waals surface area contributed by atoms with Crippen LogP contribution in [0, 0.1) is 5.92 Å². The number of aromatic nitrogens is 3. The quantitative estimate of drug-likeness (QED) is 0.145. The summed E-state index contributed by atoms with van der Waals surface area (Å²) in [5.41, 5.74) is 2.87. The van der Waals surface area contributed by atoms with Gasteiger partial charge in [-0.1, -0.05) is 70.5 Å². The molecule has 1 aromatic heterocycles. The number of nitrogens with zero attached hydrogens (tertiary/aromatic N) is 5. The van der Waals surface area contributed by atoms with E-state index in [4.69, 9.17) is 9.47 Å². The number of amides is 2. The Morgan fingerprint density at radius 2 is 1.86 bits per heavy atom. The van der Waals surface area contributed by atoms with E-state index in [0.29, 0.717) is 31.8 Å². The van der Waals surface area contributed by atoms with Crippen LogP contribution in [-0.4, -0.2) is 66.4 Å². The van der Waals surface area contributed by atoms with Gasteiger partial charge in [0.15, 0.2) is 5.60 Å². The molecule has 1 spiro atoms. The molecule has 5 atom stereocenters. The van der Waals surface area contributed by atoms with E-state index in [1.165, 1.54) is 0 Å². The van der Waals surface area contributed by atoms with Crippen molar-refractivity contribution in [1.29, 1.82) is 0 Å². The summed E-state index contributed by atoms with van der Waals surface area (Å²) >= 11 is 3.61.